The molecule has 8 heteroatoms. The molecular formula is C24H41FN4O3. The number of nitrogens with zero attached hydrogens (tertiary/aromatic N) is 1. The van der Waals surface area contributed by atoms with Crippen LogP contribution in [0.2, 0.25) is 0 Å². The normalized spacial score (nSPS) is 38.7. The molecule has 1 saturated carbocycles. The molecular weight excluding hydrogens is 411 g/mol. The average Bonchev–Trinajstić information content (AvgIpc) is 3.27. The second-order valence-corrected chi connectivity index (χ2v) is 10.5. The molecule has 3 heterocycles. The Labute approximate surface area is 191 Å². The van der Waals surface area contributed by atoms with Crippen LogP contribution in [0, 0.1) is 17.8 Å². The molecule has 0 aromatic carbocycles. The zero-order valence-electron chi connectivity index (χ0n) is 19.7. The Balaban J connectivity index is 1.38. The second kappa shape index (κ2) is 10.8. The number of alkyl halides is 1. The number of fused-ring (bicyclic) bond motifs is 1. The van der Waals surface area contributed by atoms with Crippen LogP contribution in [-0.2, 0) is 14.3 Å². The minimum Gasteiger partial charge on any atom is -0.378 e. The lowest BCUT2D eigenvalue weighted by molar-refractivity contribution is -0.135. The van der Waals surface area contributed by atoms with Gasteiger partial charge in [0.05, 0.1) is 19.3 Å². The first-order chi connectivity index (χ1) is 15.4. The summed E-state index contributed by atoms with van der Waals surface area (Å²) in [5.74, 6) is 0.855. The van der Waals surface area contributed by atoms with Crippen LogP contribution in [-0.4, -0.2) is 79.9 Å². The number of nitrogens with one attached hydrogen (secondary N) is 3. The van der Waals surface area contributed by atoms with Gasteiger partial charge in [-0.3, -0.25) is 9.59 Å². The molecule has 2 amide bonds. The number of halogens is 1. The van der Waals surface area contributed by atoms with Crippen molar-refractivity contribution in [2.24, 2.45) is 17.8 Å². The summed E-state index contributed by atoms with van der Waals surface area (Å²) in [4.78, 5) is 27.9. The van der Waals surface area contributed by atoms with Crippen LogP contribution < -0.4 is 16.0 Å². The number of carbonyl (C=O) groups is 2. The number of rotatable bonds is 6. The van der Waals surface area contributed by atoms with Crippen LogP contribution >= 0.6 is 0 Å². The monoisotopic (exact) mass is 452 g/mol. The Morgan fingerprint density at radius 2 is 1.94 bits per heavy atom. The zero-order valence-corrected chi connectivity index (χ0v) is 19.7. The van der Waals surface area contributed by atoms with Gasteiger partial charge in [-0.25, -0.2) is 4.39 Å². The van der Waals surface area contributed by atoms with Crippen molar-refractivity contribution in [2.45, 2.75) is 89.1 Å². The first-order valence-corrected chi connectivity index (χ1v) is 12.7. The minimum absolute atomic E-state index is 0.0396. The Morgan fingerprint density at radius 3 is 2.66 bits per heavy atom. The molecule has 8 atom stereocenters. The Kier molecular flexibility index (Phi) is 8.05. The van der Waals surface area contributed by atoms with E-state index < -0.39 is 6.17 Å². The van der Waals surface area contributed by atoms with Gasteiger partial charge in [-0.1, -0.05) is 13.8 Å². The van der Waals surface area contributed by atoms with Crippen LogP contribution in [0.15, 0.2) is 0 Å². The Hall–Kier alpha value is -1.25. The van der Waals surface area contributed by atoms with E-state index in [1.807, 2.05) is 4.90 Å². The molecule has 0 radical (unpaired) electrons. The predicted molar refractivity (Wildman–Crippen MR) is 121 cm³/mol. The number of amides is 2. The van der Waals surface area contributed by atoms with Crippen LogP contribution in [0.5, 0.6) is 0 Å². The molecule has 4 aliphatic rings. The summed E-state index contributed by atoms with van der Waals surface area (Å²) >= 11 is 0. The molecule has 3 aliphatic heterocycles. The van der Waals surface area contributed by atoms with Gasteiger partial charge in [-0.15, -0.1) is 0 Å². The smallest absolute Gasteiger partial charge is 0.237 e. The summed E-state index contributed by atoms with van der Waals surface area (Å²) in [6.07, 6.45) is 4.52. The van der Waals surface area contributed by atoms with Gasteiger partial charge in [-0.2, -0.15) is 0 Å². The summed E-state index contributed by atoms with van der Waals surface area (Å²) in [7, 11) is 0. The highest BCUT2D eigenvalue weighted by atomic mass is 19.1. The van der Waals surface area contributed by atoms with Gasteiger partial charge in [-0.05, 0) is 56.9 Å². The molecule has 4 rings (SSSR count). The summed E-state index contributed by atoms with van der Waals surface area (Å²) < 4.78 is 19.9. The van der Waals surface area contributed by atoms with Crippen molar-refractivity contribution >= 4 is 11.8 Å². The molecule has 3 saturated heterocycles. The van der Waals surface area contributed by atoms with E-state index in [1.54, 1.807) is 0 Å². The van der Waals surface area contributed by atoms with Crippen molar-refractivity contribution in [1.29, 1.82) is 0 Å². The number of ether oxygens (including phenoxy) is 1. The molecule has 3 N–H and O–H groups in total. The Morgan fingerprint density at radius 1 is 1.16 bits per heavy atom. The molecule has 32 heavy (non-hydrogen) atoms. The van der Waals surface area contributed by atoms with E-state index in [0.29, 0.717) is 63.8 Å². The number of hydrogen-bond donors (Lipinski definition) is 3. The van der Waals surface area contributed by atoms with Gasteiger partial charge in [0.2, 0.25) is 11.8 Å². The molecule has 4 fully saturated rings. The van der Waals surface area contributed by atoms with Gasteiger partial charge in [0.1, 0.15) is 6.17 Å². The van der Waals surface area contributed by atoms with Crippen LogP contribution in [0.1, 0.15) is 58.8 Å². The topological polar surface area (TPSA) is 82.7 Å². The number of hydrogen-bond acceptors (Lipinski definition) is 5. The maximum Gasteiger partial charge on any atom is 0.237 e. The molecule has 182 valence electrons. The molecule has 0 spiro atoms. The van der Waals surface area contributed by atoms with E-state index in [2.05, 4.69) is 29.8 Å². The first kappa shape index (κ1) is 23.9. The van der Waals surface area contributed by atoms with Gasteiger partial charge >= 0.3 is 0 Å². The van der Waals surface area contributed by atoms with Crippen LogP contribution in [0.25, 0.3) is 0 Å². The zero-order chi connectivity index (χ0) is 22.7. The summed E-state index contributed by atoms with van der Waals surface area (Å²) in [5.41, 5.74) is 0. The maximum atomic E-state index is 14.5. The lowest BCUT2D eigenvalue weighted by atomic mass is 9.77. The van der Waals surface area contributed by atoms with E-state index in [0.717, 1.165) is 25.8 Å². The largest absolute Gasteiger partial charge is 0.378 e. The van der Waals surface area contributed by atoms with Crippen molar-refractivity contribution in [3.8, 4) is 0 Å². The molecule has 8 unspecified atom stereocenters. The molecule has 0 aromatic rings. The van der Waals surface area contributed by atoms with Crippen molar-refractivity contribution in [1.82, 2.24) is 20.9 Å². The fourth-order valence-corrected chi connectivity index (χ4v) is 6.29. The van der Waals surface area contributed by atoms with Gasteiger partial charge < -0.3 is 25.6 Å². The standard InChI is InChI=1S/C24H41FN4O3/c1-15-4-3-9-26-23(15)19(7-8-21(30)29-10-12-32-13-11-29)28-24(31)20-14-17-18(25)6-5-16(2)22(17)27-20/h15-20,22-23,26-27H,3-14H2,1-2H3,(H,28,31). The number of morpholine rings is 1. The highest BCUT2D eigenvalue weighted by Gasteiger charge is 2.46. The molecule has 0 aromatic heterocycles. The van der Waals surface area contributed by atoms with Crippen LogP contribution in [0.3, 0.4) is 0 Å². The summed E-state index contributed by atoms with van der Waals surface area (Å²) in [6.45, 7) is 7.79. The number of carbonyl (C=O) groups excluding carboxylic acids is 2. The van der Waals surface area contributed by atoms with Gasteiger partial charge in [0.25, 0.3) is 0 Å². The van der Waals surface area contributed by atoms with Crippen molar-refractivity contribution in [2.75, 3.05) is 32.8 Å². The highest BCUT2D eigenvalue weighted by Crippen LogP contribution is 2.38. The minimum atomic E-state index is -0.816. The van der Waals surface area contributed by atoms with Gasteiger partial charge in [0.15, 0.2) is 0 Å². The maximum absolute atomic E-state index is 14.5. The van der Waals surface area contributed by atoms with E-state index in [4.69, 9.17) is 4.74 Å². The van der Waals surface area contributed by atoms with Crippen molar-refractivity contribution in [3.05, 3.63) is 0 Å². The van der Waals surface area contributed by atoms with E-state index in [-0.39, 0.29) is 41.9 Å². The van der Waals surface area contributed by atoms with Crippen molar-refractivity contribution in [3.63, 3.8) is 0 Å². The van der Waals surface area contributed by atoms with E-state index in [1.165, 1.54) is 0 Å². The molecule has 1 aliphatic carbocycles. The Bertz CT molecular complexity index is 641. The second-order valence-electron chi connectivity index (χ2n) is 10.5. The molecule has 0 bridgehead atoms. The molecule has 7 nitrogen and oxygen atoms in total. The first-order valence-electron chi connectivity index (χ1n) is 12.7. The third-order valence-corrected chi connectivity index (χ3v) is 8.28. The SMILES string of the molecule is CC1CCCNC1C(CCC(=O)N1CCOCC1)NC(=O)C1CC2C(F)CCC(C)C2N1. The van der Waals surface area contributed by atoms with E-state index in [9.17, 15) is 14.0 Å². The van der Waals surface area contributed by atoms with E-state index >= 15 is 0 Å². The third kappa shape index (κ3) is 5.45. The third-order valence-electron chi connectivity index (χ3n) is 8.28. The lowest BCUT2D eigenvalue weighted by Crippen LogP contribution is -2.58. The average molecular weight is 453 g/mol. The highest BCUT2D eigenvalue weighted by molar-refractivity contribution is 5.83. The van der Waals surface area contributed by atoms with Gasteiger partial charge in [0, 0.05) is 43.6 Å². The fraction of sp³-hybridized carbons (Fsp3) is 0.917. The quantitative estimate of drug-likeness (QED) is 0.571. The lowest BCUT2D eigenvalue weighted by Gasteiger charge is -2.37. The van der Waals surface area contributed by atoms with Crippen molar-refractivity contribution < 1.29 is 18.7 Å². The fourth-order valence-electron chi connectivity index (χ4n) is 6.29. The number of piperidine rings is 1. The predicted octanol–water partition coefficient (Wildman–Crippen LogP) is 1.61. The summed E-state index contributed by atoms with van der Waals surface area (Å²) in [6, 6.07) is -0.213. The summed E-state index contributed by atoms with van der Waals surface area (Å²) in [5, 5.41) is 10.3. The van der Waals surface area contributed by atoms with Crippen LogP contribution in [0.4, 0.5) is 4.39 Å².